The van der Waals surface area contributed by atoms with Crippen LogP contribution in [0.15, 0.2) is 36.4 Å². The molecule has 0 fully saturated rings. The molecule has 0 aliphatic rings. The highest BCUT2D eigenvalue weighted by atomic mass is 35.5. The van der Waals surface area contributed by atoms with Crippen LogP contribution < -0.4 is 10.1 Å². The molecule has 0 aliphatic heterocycles. The lowest BCUT2D eigenvalue weighted by Gasteiger charge is -2.13. The molecule has 1 heterocycles. The number of hydrogen-bond acceptors (Lipinski definition) is 5. The van der Waals surface area contributed by atoms with Crippen molar-refractivity contribution in [3.63, 3.8) is 0 Å². The number of tetrazole rings is 1. The molecule has 2 aromatic carbocycles. The number of aromatic nitrogens is 4. The summed E-state index contributed by atoms with van der Waals surface area (Å²) in [5.74, 6) is 0.766. The lowest BCUT2D eigenvalue weighted by molar-refractivity contribution is 0.303. The van der Waals surface area contributed by atoms with Gasteiger partial charge in [-0.25, -0.2) is 9.07 Å². The predicted molar refractivity (Wildman–Crippen MR) is 93.3 cm³/mol. The van der Waals surface area contributed by atoms with Crippen LogP contribution in [0.4, 0.5) is 10.3 Å². The molecule has 0 unspecified atom stereocenters. The fourth-order valence-electron chi connectivity index (χ4n) is 2.17. The van der Waals surface area contributed by atoms with Crippen molar-refractivity contribution in [2.45, 2.75) is 13.2 Å². The lowest BCUT2D eigenvalue weighted by atomic mass is 10.2. The monoisotopic (exact) mass is 381 g/mol. The van der Waals surface area contributed by atoms with Crippen molar-refractivity contribution in [3.8, 4) is 5.75 Å². The molecule has 130 valence electrons. The minimum Gasteiger partial charge on any atom is -0.488 e. The van der Waals surface area contributed by atoms with Crippen molar-refractivity contribution in [3.05, 3.63) is 63.4 Å². The van der Waals surface area contributed by atoms with E-state index < -0.39 is 0 Å². The molecule has 0 atom stereocenters. The van der Waals surface area contributed by atoms with Crippen LogP contribution in [-0.2, 0) is 20.2 Å². The van der Waals surface area contributed by atoms with Crippen LogP contribution in [0.25, 0.3) is 0 Å². The molecule has 0 aliphatic carbocycles. The Labute approximate surface area is 153 Å². The topological polar surface area (TPSA) is 64.9 Å². The van der Waals surface area contributed by atoms with E-state index in [0.29, 0.717) is 33.9 Å². The van der Waals surface area contributed by atoms with Crippen LogP contribution in [-0.4, -0.2) is 20.2 Å². The van der Waals surface area contributed by atoms with Gasteiger partial charge < -0.3 is 10.1 Å². The summed E-state index contributed by atoms with van der Waals surface area (Å²) in [5.41, 5.74) is 1.52. The molecule has 0 saturated heterocycles. The zero-order valence-corrected chi connectivity index (χ0v) is 14.7. The number of ether oxygens (including phenoxy) is 1. The number of benzene rings is 2. The summed E-state index contributed by atoms with van der Waals surface area (Å²) < 4.78 is 20.5. The number of hydrogen-bond donors (Lipinski definition) is 1. The molecule has 0 saturated carbocycles. The summed E-state index contributed by atoms with van der Waals surface area (Å²) in [7, 11) is 1.73. The van der Waals surface area contributed by atoms with E-state index in [0.717, 1.165) is 5.56 Å². The highest BCUT2D eigenvalue weighted by molar-refractivity contribution is 6.31. The van der Waals surface area contributed by atoms with Crippen molar-refractivity contribution in [1.29, 1.82) is 0 Å². The molecule has 1 aromatic heterocycles. The Balaban J connectivity index is 1.73. The molecule has 25 heavy (non-hydrogen) atoms. The van der Waals surface area contributed by atoms with Crippen molar-refractivity contribution >= 4 is 29.2 Å². The van der Waals surface area contributed by atoms with E-state index in [1.165, 1.54) is 16.8 Å². The Hall–Kier alpha value is -2.38. The smallest absolute Gasteiger partial charge is 0.242 e. The molecule has 3 aromatic rings. The summed E-state index contributed by atoms with van der Waals surface area (Å²) in [4.78, 5) is 0. The second-order valence-corrected chi connectivity index (χ2v) is 6.10. The minimum atomic E-state index is -0.387. The fraction of sp³-hybridized carbons (Fsp3) is 0.188. The number of anilines is 1. The second kappa shape index (κ2) is 7.67. The molecule has 1 N–H and O–H groups in total. The standard InChI is InChI=1S/C16H14Cl2FN5O/c1-24-16(21-22-23-24)20-8-11-6-12(17)3-5-15(11)25-9-10-2-4-13(19)7-14(10)18/h2-7H,8-9H2,1H3,(H,20,21,23). The van der Waals surface area contributed by atoms with Gasteiger partial charge in [0.1, 0.15) is 18.2 Å². The highest BCUT2D eigenvalue weighted by Crippen LogP contribution is 2.26. The van der Waals surface area contributed by atoms with Gasteiger partial charge in [0.25, 0.3) is 0 Å². The van der Waals surface area contributed by atoms with Gasteiger partial charge in [0.2, 0.25) is 5.95 Å². The van der Waals surface area contributed by atoms with Gasteiger partial charge in [-0.05, 0) is 40.8 Å². The zero-order chi connectivity index (χ0) is 17.8. The van der Waals surface area contributed by atoms with Gasteiger partial charge in [-0.3, -0.25) is 0 Å². The summed E-state index contributed by atoms with van der Waals surface area (Å²) >= 11 is 12.1. The van der Waals surface area contributed by atoms with Crippen LogP contribution in [0.5, 0.6) is 5.75 Å². The number of halogens is 3. The molecule has 0 spiro atoms. The number of rotatable bonds is 6. The Kier molecular flexibility index (Phi) is 5.35. The Morgan fingerprint density at radius 2 is 2.00 bits per heavy atom. The normalized spacial score (nSPS) is 10.7. The fourth-order valence-corrected chi connectivity index (χ4v) is 2.59. The van der Waals surface area contributed by atoms with Gasteiger partial charge in [0.15, 0.2) is 0 Å². The molecule has 9 heteroatoms. The van der Waals surface area contributed by atoms with Crippen molar-refractivity contribution in [1.82, 2.24) is 20.2 Å². The summed E-state index contributed by atoms with van der Waals surface area (Å²) in [6, 6.07) is 9.49. The van der Waals surface area contributed by atoms with Crippen molar-refractivity contribution in [2.75, 3.05) is 5.32 Å². The van der Waals surface area contributed by atoms with Gasteiger partial charge in [0.05, 0.1) is 5.02 Å². The van der Waals surface area contributed by atoms with E-state index in [4.69, 9.17) is 27.9 Å². The van der Waals surface area contributed by atoms with E-state index in [2.05, 4.69) is 20.8 Å². The van der Waals surface area contributed by atoms with Crippen LogP contribution in [0, 0.1) is 5.82 Å². The molecule has 6 nitrogen and oxygen atoms in total. The Morgan fingerprint density at radius 3 is 2.72 bits per heavy atom. The van der Waals surface area contributed by atoms with E-state index in [-0.39, 0.29) is 12.4 Å². The average molecular weight is 382 g/mol. The first-order valence-corrected chi connectivity index (χ1v) is 8.10. The Bertz CT molecular complexity index is 887. The molecule has 0 bridgehead atoms. The molecule has 0 amide bonds. The van der Waals surface area contributed by atoms with Gasteiger partial charge in [-0.1, -0.05) is 34.4 Å². The quantitative estimate of drug-likeness (QED) is 0.702. The second-order valence-electron chi connectivity index (χ2n) is 5.26. The molecule has 3 rings (SSSR count). The van der Waals surface area contributed by atoms with Gasteiger partial charge in [-0.15, -0.1) is 0 Å². The van der Waals surface area contributed by atoms with E-state index in [9.17, 15) is 4.39 Å². The van der Waals surface area contributed by atoms with Gasteiger partial charge in [-0.2, -0.15) is 0 Å². The van der Waals surface area contributed by atoms with Crippen molar-refractivity contribution < 1.29 is 9.13 Å². The third kappa shape index (κ3) is 4.37. The summed E-state index contributed by atoms with van der Waals surface area (Å²) in [6.07, 6.45) is 0. The van der Waals surface area contributed by atoms with Crippen LogP contribution >= 0.6 is 23.2 Å². The summed E-state index contributed by atoms with van der Waals surface area (Å²) in [6.45, 7) is 0.626. The third-order valence-corrected chi connectivity index (χ3v) is 4.06. The number of nitrogens with zero attached hydrogens (tertiary/aromatic N) is 4. The first-order valence-electron chi connectivity index (χ1n) is 7.34. The highest BCUT2D eigenvalue weighted by Gasteiger charge is 2.09. The summed E-state index contributed by atoms with van der Waals surface area (Å²) in [5, 5.41) is 15.2. The molecular weight excluding hydrogens is 368 g/mol. The van der Waals surface area contributed by atoms with Crippen LogP contribution in [0.2, 0.25) is 10.0 Å². The predicted octanol–water partition coefficient (Wildman–Crippen LogP) is 3.85. The Morgan fingerprint density at radius 1 is 1.16 bits per heavy atom. The van der Waals surface area contributed by atoms with Crippen LogP contribution in [0.1, 0.15) is 11.1 Å². The van der Waals surface area contributed by atoms with Gasteiger partial charge in [0, 0.05) is 29.7 Å². The number of nitrogens with one attached hydrogen (secondary N) is 1. The maximum Gasteiger partial charge on any atom is 0.242 e. The SMILES string of the molecule is Cn1nnnc1NCc1cc(Cl)ccc1OCc1ccc(F)cc1Cl. The van der Waals surface area contributed by atoms with Crippen molar-refractivity contribution in [2.24, 2.45) is 7.05 Å². The molecular formula is C16H14Cl2FN5O. The van der Waals surface area contributed by atoms with E-state index in [1.807, 2.05) is 0 Å². The van der Waals surface area contributed by atoms with E-state index in [1.54, 1.807) is 31.3 Å². The maximum atomic E-state index is 13.1. The largest absolute Gasteiger partial charge is 0.488 e. The average Bonchev–Trinajstić information content (AvgIpc) is 2.98. The van der Waals surface area contributed by atoms with Gasteiger partial charge >= 0.3 is 0 Å². The zero-order valence-electron chi connectivity index (χ0n) is 13.2. The number of aryl methyl sites for hydroxylation is 1. The lowest BCUT2D eigenvalue weighted by Crippen LogP contribution is -2.07. The first-order chi connectivity index (χ1) is 12.0. The third-order valence-electron chi connectivity index (χ3n) is 3.48. The maximum absolute atomic E-state index is 13.1. The first kappa shape index (κ1) is 17.4. The molecule has 0 radical (unpaired) electrons. The van der Waals surface area contributed by atoms with E-state index >= 15 is 0 Å². The van der Waals surface area contributed by atoms with Crippen LogP contribution in [0.3, 0.4) is 0 Å². The minimum absolute atomic E-state index is 0.208.